The summed E-state index contributed by atoms with van der Waals surface area (Å²) in [6, 6.07) is 0. The highest BCUT2D eigenvalue weighted by Crippen LogP contribution is 2.05. The van der Waals surface area contributed by atoms with Crippen molar-refractivity contribution in [3.8, 4) is 0 Å². The van der Waals surface area contributed by atoms with E-state index in [1.807, 2.05) is 27.7 Å². The zero-order chi connectivity index (χ0) is 14.3. The van der Waals surface area contributed by atoms with E-state index in [0.29, 0.717) is 5.76 Å². The lowest BCUT2D eigenvalue weighted by Gasteiger charge is -2.08. The van der Waals surface area contributed by atoms with Crippen LogP contribution < -0.4 is 0 Å². The molecule has 0 aliphatic rings. The summed E-state index contributed by atoms with van der Waals surface area (Å²) in [6.45, 7) is 11.0. The summed E-state index contributed by atoms with van der Waals surface area (Å²) in [5.41, 5.74) is 0. The lowest BCUT2D eigenvalue weighted by molar-refractivity contribution is -0.142. The molecule has 0 aromatic heterocycles. The van der Waals surface area contributed by atoms with Crippen molar-refractivity contribution in [3.05, 3.63) is 11.5 Å². The quantitative estimate of drug-likeness (QED) is 0.425. The third kappa shape index (κ3) is 14.5. The molecule has 0 spiro atoms. The predicted octanol–water partition coefficient (Wildman–Crippen LogP) is 2.65. The van der Waals surface area contributed by atoms with E-state index in [1.54, 1.807) is 6.92 Å². The number of rotatable bonds is 5. The molecule has 0 bridgehead atoms. The topological polar surface area (TPSA) is 61.8 Å². The molecule has 0 saturated carbocycles. The van der Waals surface area contributed by atoms with Crippen molar-refractivity contribution in [1.29, 1.82) is 0 Å². The van der Waals surface area contributed by atoms with Crippen LogP contribution in [0, 0.1) is 0 Å². The van der Waals surface area contributed by atoms with Gasteiger partial charge in [0.25, 0.3) is 6.47 Å². The highest BCUT2D eigenvalue weighted by atomic mass is 16.6. The van der Waals surface area contributed by atoms with Crippen LogP contribution in [0.2, 0.25) is 0 Å². The SMILES string of the molecule is CC.CC.CO/C(C)=C(/COC(C)=O)OC=O. The Morgan fingerprint density at radius 3 is 1.88 bits per heavy atom. The Bertz CT molecular complexity index is 221. The van der Waals surface area contributed by atoms with Crippen LogP contribution in [0.3, 0.4) is 0 Å². The third-order valence-electron chi connectivity index (χ3n) is 1.30. The Morgan fingerprint density at radius 1 is 1.12 bits per heavy atom. The Kier molecular flexibility index (Phi) is 20.7. The van der Waals surface area contributed by atoms with Crippen molar-refractivity contribution < 1.29 is 23.8 Å². The molecule has 0 atom stereocenters. The largest absolute Gasteiger partial charge is 0.498 e. The maximum absolute atomic E-state index is 10.4. The van der Waals surface area contributed by atoms with E-state index in [4.69, 9.17) is 4.74 Å². The normalized spacial score (nSPS) is 9.35. The molecule has 5 nitrogen and oxygen atoms in total. The van der Waals surface area contributed by atoms with E-state index >= 15 is 0 Å². The number of ether oxygens (including phenoxy) is 3. The average molecular weight is 248 g/mol. The van der Waals surface area contributed by atoms with Gasteiger partial charge >= 0.3 is 5.97 Å². The summed E-state index contributed by atoms with van der Waals surface area (Å²) in [7, 11) is 1.43. The summed E-state index contributed by atoms with van der Waals surface area (Å²) in [5.74, 6) is 0.136. The van der Waals surface area contributed by atoms with Gasteiger partial charge in [0, 0.05) is 6.92 Å². The Labute approximate surface area is 104 Å². The second-order valence-corrected chi connectivity index (χ2v) is 2.18. The van der Waals surface area contributed by atoms with Gasteiger partial charge < -0.3 is 14.2 Å². The molecule has 0 aliphatic heterocycles. The van der Waals surface area contributed by atoms with Crippen LogP contribution in [-0.4, -0.2) is 26.2 Å². The van der Waals surface area contributed by atoms with Crippen LogP contribution >= 0.6 is 0 Å². The van der Waals surface area contributed by atoms with Gasteiger partial charge in [0.15, 0.2) is 12.4 Å². The number of hydrogen-bond donors (Lipinski definition) is 0. The second kappa shape index (κ2) is 16.9. The fraction of sp³-hybridized carbons (Fsp3) is 0.667. The molecule has 0 aromatic carbocycles. The van der Waals surface area contributed by atoms with Crippen LogP contribution in [-0.2, 0) is 23.8 Å². The standard InChI is InChI=1S/C8H12O5.2C2H6/c1-6(11-3)8(13-5-9)4-12-7(2)10;2*1-2/h5H,4H2,1-3H3;2*1-2H3/b8-6-;;. The van der Waals surface area contributed by atoms with Gasteiger partial charge in [-0.25, -0.2) is 0 Å². The van der Waals surface area contributed by atoms with Gasteiger partial charge in [-0.1, -0.05) is 27.7 Å². The molecule has 0 amide bonds. The minimum atomic E-state index is -0.448. The van der Waals surface area contributed by atoms with Gasteiger partial charge in [0.05, 0.1) is 7.11 Å². The number of carbonyl (C=O) groups excluding carboxylic acids is 2. The number of hydrogen-bond acceptors (Lipinski definition) is 5. The van der Waals surface area contributed by atoms with Crippen molar-refractivity contribution in [2.45, 2.75) is 41.5 Å². The first-order chi connectivity index (χ1) is 8.11. The Morgan fingerprint density at radius 2 is 1.59 bits per heavy atom. The lowest BCUT2D eigenvalue weighted by atomic mass is 10.4. The summed E-state index contributed by atoms with van der Waals surface area (Å²) in [4.78, 5) is 20.5. The summed E-state index contributed by atoms with van der Waals surface area (Å²) < 4.78 is 14.0. The van der Waals surface area contributed by atoms with E-state index in [0.717, 1.165) is 0 Å². The molecule has 0 heterocycles. The molecule has 0 radical (unpaired) electrons. The maximum Gasteiger partial charge on any atom is 0.303 e. The minimum Gasteiger partial charge on any atom is -0.498 e. The van der Waals surface area contributed by atoms with Gasteiger partial charge in [-0.3, -0.25) is 9.59 Å². The van der Waals surface area contributed by atoms with Crippen molar-refractivity contribution in [2.24, 2.45) is 0 Å². The maximum atomic E-state index is 10.4. The van der Waals surface area contributed by atoms with Gasteiger partial charge in [-0.2, -0.15) is 0 Å². The van der Waals surface area contributed by atoms with Crippen molar-refractivity contribution >= 4 is 12.4 Å². The van der Waals surface area contributed by atoms with Crippen LogP contribution in [0.15, 0.2) is 11.5 Å². The molecule has 0 saturated heterocycles. The highest BCUT2D eigenvalue weighted by Gasteiger charge is 2.06. The first kappa shape index (κ1) is 20.8. The fourth-order valence-corrected chi connectivity index (χ4v) is 0.558. The fourth-order valence-electron chi connectivity index (χ4n) is 0.558. The molecule has 0 aliphatic carbocycles. The van der Waals surface area contributed by atoms with Gasteiger partial charge in [-0.15, -0.1) is 0 Å². The second-order valence-electron chi connectivity index (χ2n) is 2.18. The van der Waals surface area contributed by atoms with Crippen LogP contribution in [0.4, 0.5) is 0 Å². The van der Waals surface area contributed by atoms with Crippen LogP contribution in [0.1, 0.15) is 41.5 Å². The van der Waals surface area contributed by atoms with Gasteiger partial charge in [0.1, 0.15) is 5.76 Å². The molecule has 17 heavy (non-hydrogen) atoms. The highest BCUT2D eigenvalue weighted by molar-refractivity contribution is 5.66. The predicted molar refractivity (Wildman–Crippen MR) is 66.2 cm³/mol. The summed E-state index contributed by atoms with van der Waals surface area (Å²) in [6.07, 6.45) is 0. The summed E-state index contributed by atoms with van der Waals surface area (Å²) in [5, 5.41) is 0. The zero-order valence-corrected chi connectivity index (χ0v) is 11.8. The molecule has 0 aromatic rings. The molecule has 5 heteroatoms. The van der Waals surface area contributed by atoms with Crippen LogP contribution in [0.5, 0.6) is 0 Å². The molecule has 0 unspecified atom stereocenters. The Balaban J connectivity index is -0.000000439. The van der Waals surface area contributed by atoms with Crippen molar-refractivity contribution in [2.75, 3.05) is 13.7 Å². The van der Waals surface area contributed by atoms with Gasteiger partial charge in [0.2, 0.25) is 0 Å². The zero-order valence-electron chi connectivity index (χ0n) is 11.8. The lowest BCUT2D eigenvalue weighted by Crippen LogP contribution is -2.08. The number of esters is 1. The molecular weight excluding hydrogens is 224 g/mol. The number of carbonyl (C=O) groups is 2. The van der Waals surface area contributed by atoms with Crippen LogP contribution in [0.25, 0.3) is 0 Å². The van der Waals surface area contributed by atoms with E-state index in [1.165, 1.54) is 14.0 Å². The first-order valence-corrected chi connectivity index (χ1v) is 5.59. The van der Waals surface area contributed by atoms with Gasteiger partial charge in [-0.05, 0) is 6.92 Å². The van der Waals surface area contributed by atoms with E-state index in [2.05, 4.69) is 9.47 Å². The van der Waals surface area contributed by atoms with E-state index in [9.17, 15) is 9.59 Å². The number of methoxy groups -OCH3 is 1. The average Bonchev–Trinajstić information content (AvgIpc) is 2.38. The summed E-state index contributed by atoms with van der Waals surface area (Å²) >= 11 is 0. The molecular formula is C12H24O5. The number of allylic oxidation sites excluding steroid dienone is 1. The Hall–Kier alpha value is -1.52. The first-order valence-electron chi connectivity index (χ1n) is 5.59. The molecule has 0 fully saturated rings. The third-order valence-corrected chi connectivity index (χ3v) is 1.30. The van der Waals surface area contributed by atoms with E-state index in [-0.39, 0.29) is 18.8 Å². The minimum absolute atomic E-state index is 0.103. The van der Waals surface area contributed by atoms with Crippen molar-refractivity contribution in [1.82, 2.24) is 0 Å². The monoisotopic (exact) mass is 248 g/mol. The van der Waals surface area contributed by atoms with E-state index < -0.39 is 5.97 Å². The molecule has 0 rings (SSSR count). The molecule has 0 N–H and O–H groups in total. The van der Waals surface area contributed by atoms with Crippen molar-refractivity contribution in [3.63, 3.8) is 0 Å². The molecule has 102 valence electrons. The smallest absolute Gasteiger partial charge is 0.303 e.